The molecule has 0 spiro atoms. The zero-order valence-corrected chi connectivity index (χ0v) is 17.1. The first-order valence-electron chi connectivity index (χ1n) is 8.52. The average Bonchev–Trinajstić information content (AvgIpc) is 2.90. The van der Waals surface area contributed by atoms with Gasteiger partial charge in [-0.15, -0.1) is 0 Å². The largest absolute Gasteiger partial charge is 0.345 e. The van der Waals surface area contributed by atoms with E-state index in [4.69, 9.17) is 23.2 Å². The molecule has 1 aromatic heterocycles. The molecule has 144 valence electrons. The number of amides is 2. The molecule has 2 rings (SSSR count). The normalized spacial score (nSPS) is 12.2. The van der Waals surface area contributed by atoms with Crippen molar-refractivity contribution in [3.8, 4) is 5.69 Å². The van der Waals surface area contributed by atoms with E-state index in [-0.39, 0.29) is 6.04 Å². The Morgan fingerprint density at radius 3 is 2.52 bits per heavy atom. The Bertz CT molecular complexity index is 890. The smallest absolute Gasteiger partial charge is 0.329 e. The number of hydrogen-bond donors (Lipinski definition) is 2. The predicted molar refractivity (Wildman–Crippen MR) is 109 cm³/mol. The summed E-state index contributed by atoms with van der Waals surface area (Å²) >= 11 is 12.1. The monoisotopic (exact) mass is 408 g/mol. The maximum absolute atomic E-state index is 11.8. The van der Waals surface area contributed by atoms with Crippen LogP contribution in [0.25, 0.3) is 5.69 Å². The highest BCUT2D eigenvalue weighted by atomic mass is 35.5. The summed E-state index contributed by atoms with van der Waals surface area (Å²) in [5, 5.41) is 7.43. The summed E-state index contributed by atoms with van der Waals surface area (Å²) in [7, 11) is 0. The fourth-order valence-electron chi connectivity index (χ4n) is 2.54. The van der Waals surface area contributed by atoms with E-state index in [1.165, 1.54) is 6.21 Å². The van der Waals surface area contributed by atoms with Gasteiger partial charge in [-0.25, -0.2) is 5.43 Å². The number of hydrogen-bond acceptors (Lipinski definition) is 3. The molecule has 6 nitrogen and oxygen atoms in total. The summed E-state index contributed by atoms with van der Waals surface area (Å²) < 4.78 is 2.00. The van der Waals surface area contributed by atoms with Crippen LogP contribution in [0.1, 0.15) is 37.2 Å². The predicted octanol–water partition coefficient (Wildman–Crippen LogP) is 3.77. The van der Waals surface area contributed by atoms with Gasteiger partial charge in [0, 0.05) is 28.7 Å². The molecule has 0 unspecified atom stereocenters. The number of carbonyl (C=O) groups excluding carboxylic acids is 2. The lowest BCUT2D eigenvalue weighted by Crippen LogP contribution is -2.41. The van der Waals surface area contributed by atoms with Crippen LogP contribution in [0.3, 0.4) is 0 Å². The SMILES string of the molecule is CC[C@@H](C)NC(=O)C(=O)N/N=C\c1cc(C)n(-c2ccc(Cl)c(Cl)c2)c1C. The Morgan fingerprint density at radius 2 is 1.89 bits per heavy atom. The number of rotatable bonds is 5. The van der Waals surface area contributed by atoms with E-state index in [0.717, 1.165) is 29.1 Å². The number of hydrazone groups is 1. The van der Waals surface area contributed by atoms with Gasteiger partial charge in [0.2, 0.25) is 0 Å². The zero-order valence-electron chi connectivity index (χ0n) is 15.6. The third-order valence-corrected chi connectivity index (χ3v) is 4.94. The third-order valence-electron chi connectivity index (χ3n) is 4.20. The Labute approximate surface area is 168 Å². The Hall–Kier alpha value is -2.31. The summed E-state index contributed by atoms with van der Waals surface area (Å²) in [6, 6.07) is 7.24. The van der Waals surface area contributed by atoms with Crippen LogP contribution in [0.15, 0.2) is 29.4 Å². The van der Waals surface area contributed by atoms with Gasteiger partial charge in [0.15, 0.2) is 0 Å². The number of aryl methyl sites for hydroxylation is 1. The number of halogens is 2. The van der Waals surface area contributed by atoms with Crippen LogP contribution in [0.2, 0.25) is 10.0 Å². The second-order valence-electron chi connectivity index (χ2n) is 6.24. The summed E-state index contributed by atoms with van der Waals surface area (Å²) in [4.78, 5) is 23.5. The lowest BCUT2D eigenvalue weighted by Gasteiger charge is -2.10. The van der Waals surface area contributed by atoms with Gasteiger partial charge in [-0.2, -0.15) is 5.10 Å². The van der Waals surface area contributed by atoms with Crippen molar-refractivity contribution < 1.29 is 9.59 Å². The van der Waals surface area contributed by atoms with Crippen LogP contribution in [0.5, 0.6) is 0 Å². The number of benzene rings is 1. The topological polar surface area (TPSA) is 75.5 Å². The van der Waals surface area contributed by atoms with Crippen molar-refractivity contribution in [3.05, 3.63) is 51.3 Å². The van der Waals surface area contributed by atoms with Gasteiger partial charge in [-0.05, 0) is 51.5 Å². The van der Waals surface area contributed by atoms with Gasteiger partial charge >= 0.3 is 11.8 Å². The first kappa shape index (κ1) is 21.0. The van der Waals surface area contributed by atoms with E-state index in [0.29, 0.717) is 10.0 Å². The first-order chi connectivity index (χ1) is 12.7. The highest BCUT2D eigenvalue weighted by Crippen LogP contribution is 2.27. The van der Waals surface area contributed by atoms with Crippen LogP contribution in [-0.2, 0) is 9.59 Å². The number of nitrogens with zero attached hydrogens (tertiary/aromatic N) is 2. The van der Waals surface area contributed by atoms with Gasteiger partial charge in [-0.1, -0.05) is 30.1 Å². The summed E-state index contributed by atoms with van der Waals surface area (Å²) in [6.07, 6.45) is 2.24. The standard InChI is InChI=1S/C19H22Cl2N4O2/c1-5-11(2)23-18(26)19(27)24-22-10-14-8-12(3)25(13(14)4)15-6-7-16(20)17(21)9-15/h6-11H,5H2,1-4H3,(H,23,26)(H,24,27)/b22-10-/t11-/m1/s1. The van der Waals surface area contributed by atoms with Gasteiger partial charge in [0.1, 0.15) is 0 Å². The molecular formula is C19H22Cl2N4O2. The lowest BCUT2D eigenvalue weighted by molar-refractivity contribution is -0.139. The van der Waals surface area contributed by atoms with Crippen molar-refractivity contribution in [1.82, 2.24) is 15.3 Å². The van der Waals surface area contributed by atoms with Crippen molar-refractivity contribution >= 4 is 41.2 Å². The van der Waals surface area contributed by atoms with Crippen LogP contribution < -0.4 is 10.7 Å². The molecule has 2 aromatic rings. The minimum atomic E-state index is -0.801. The highest BCUT2D eigenvalue weighted by molar-refractivity contribution is 6.42. The maximum Gasteiger partial charge on any atom is 0.329 e. The van der Waals surface area contributed by atoms with E-state index in [1.807, 2.05) is 44.4 Å². The van der Waals surface area contributed by atoms with Crippen LogP contribution in [0, 0.1) is 13.8 Å². The zero-order chi connectivity index (χ0) is 20.1. The quantitative estimate of drug-likeness (QED) is 0.448. The van der Waals surface area contributed by atoms with Gasteiger partial charge in [0.05, 0.1) is 16.3 Å². The average molecular weight is 409 g/mol. The third kappa shape index (κ3) is 5.11. The van der Waals surface area contributed by atoms with Crippen molar-refractivity contribution in [1.29, 1.82) is 0 Å². The van der Waals surface area contributed by atoms with E-state index in [1.54, 1.807) is 12.1 Å². The van der Waals surface area contributed by atoms with Crippen molar-refractivity contribution in [3.63, 3.8) is 0 Å². The Kier molecular flexibility index (Phi) is 7.05. The Morgan fingerprint density at radius 1 is 1.19 bits per heavy atom. The van der Waals surface area contributed by atoms with Crippen molar-refractivity contribution in [2.75, 3.05) is 0 Å². The first-order valence-corrected chi connectivity index (χ1v) is 9.28. The second-order valence-corrected chi connectivity index (χ2v) is 7.06. The molecule has 0 fully saturated rings. The van der Waals surface area contributed by atoms with E-state index in [2.05, 4.69) is 15.8 Å². The molecule has 0 saturated carbocycles. The maximum atomic E-state index is 11.8. The number of nitrogens with one attached hydrogen (secondary N) is 2. The molecule has 1 heterocycles. The molecular weight excluding hydrogens is 387 g/mol. The van der Waals surface area contributed by atoms with Gasteiger partial charge in [-0.3, -0.25) is 9.59 Å². The lowest BCUT2D eigenvalue weighted by atomic mass is 10.2. The molecule has 1 aromatic carbocycles. The van der Waals surface area contributed by atoms with Crippen LogP contribution in [0.4, 0.5) is 0 Å². The fourth-order valence-corrected chi connectivity index (χ4v) is 2.83. The molecule has 2 N–H and O–H groups in total. The van der Waals surface area contributed by atoms with Crippen LogP contribution >= 0.6 is 23.2 Å². The molecule has 0 aliphatic rings. The van der Waals surface area contributed by atoms with Crippen LogP contribution in [-0.4, -0.2) is 28.6 Å². The molecule has 0 aliphatic carbocycles. The molecule has 0 radical (unpaired) electrons. The van der Waals surface area contributed by atoms with Crippen molar-refractivity contribution in [2.45, 2.75) is 40.2 Å². The van der Waals surface area contributed by atoms with E-state index < -0.39 is 11.8 Å². The fraction of sp³-hybridized carbons (Fsp3) is 0.316. The molecule has 2 amide bonds. The summed E-state index contributed by atoms with van der Waals surface area (Å²) in [5.74, 6) is -1.51. The van der Waals surface area contributed by atoms with Gasteiger partial charge < -0.3 is 9.88 Å². The number of carbonyl (C=O) groups is 2. The molecule has 0 aliphatic heterocycles. The van der Waals surface area contributed by atoms with Gasteiger partial charge in [0.25, 0.3) is 0 Å². The molecule has 0 saturated heterocycles. The molecule has 27 heavy (non-hydrogen) atoms. The Balaban J connectivity index is 2.14. The molecule has 0 bridgehead atoms. The minimum Gasteiger partial charge on any atom is -0.345 e. The van der Waals surface area contributed by atoms with E-state index >= 15 is 0 Å². The summed E-state index contributed by atoms with van der Waals surface area (Å²) in [5.41, 5.74) is 5.80. The van der Waals surface area contributed by atoms with Crippen molar-refractivity contribution in [2.24, 2.45) is 5.10 Å². The highest BCUT2D eigenvalue weighted by Gasteiger charge is 2.15. The van der Waals surface area contributed by atoms with E-state index in [9.17, 15) is 9.59 Å². The molecule has 1 atom stereocenters. The summed E-state index contributed by atoms with van der Waals surface area (Å²) in [6.45, 7) is 7.62. The second kappa shape index (κ2) is 9.06. The minimum absolute atomic E-state index is 0.0719. The number of aromatic nitrogens is 1. The molecule has 8 heteroatoms.